The fraction of sp³-hybridized carbons (Fsp3) is 0.667. The van der Waals surface area contributed by atoms with Gasteiger partial charge in [-0.15, -0.1) is 0 Å². The molecule has 0 aromatic heterocycles. The molecule has 1 saturated heterocycles. The van der Waals surface area contributed by atoms with Crippen molar-refractivity contribution in [3.63, 3.8) is 0 Å². The van der Waals surface area contributed by atoms with Gasteiger partial charge in [-0.1, -0.05) is 13.8 Å². The van der Waals surface area contributed by atoms with Crippen molar-refractivity contribution < 1.29 is 17.9 Å². The van der Waals surface area contributed by atoms with Gasteiger partial charge in [-0.25, -0.2) is 13.1 Å². The van der Waals surface area contributed by atoms with Gasteiger partial charge in [-0.3, -0.25) is 4.90 Å². The van der Waals surface area contributed by atoms with E-state index >= 15 is 0 Å². The summed E-state index contributed by atoms with van der Waals surface area (Å²) in [4.78, 5) is 4.76. The van der Waals surface area contributed by atoms with Crippen LogP contribution in [0.25, 0.3) is 0 Å². The quantitative estimate of drug-likeness (QED) is 0.726. The monoisotopic (exact) mass is 385 g/mol. The van der Waals surface area contributed by atoms with Crippen LogP contribution in [0.5, 0.6) is 11.5 Å². The van der Waals surface area contributed by atoms with Crippen LogP contribution < -0.4 is 14.2 Å². The minimum atomic E-state index is -3.71. The molecule has 1 heterocycles. The van der Waals surface area contributed by atoms with Crippen molar-refractivity contribution in [3.05, 3.63) is 18.2 Å². The molecule has 1 aliphatic rings. The highest BCUT2D eigenvalue weighted by molar-refractivity contribution is 7.89. The van der Waals surface area contributed by atoms with Gasteiger partial charge >= 0.3 is 0 Å². The number of benzene rings is 1. The molecule has 0 bridgehead atoms. The van der Waals surface area contributed by atoms with E-state index in [0.29, 0.717) is 24.0 Å². The summed E-state index contributed by atoms with van der Waals surface area (Å²) in [5, 5.41) is 0. The molecule has 26 heavy (non-hydrogen) atoms. The minimum absolute atomic E-state index is 0.0974. The molecule has 0 aliphatic carbocycles. The first-order valence-electron chi connectivity index (χ1n) is 8.92. The molecule has 8 heteroatoms. The van der Waals surface area contributed by atoms with Crippen LogP contribution >= 0.6 is 0 Å². The van der Waals surface area contributed by atoms with E-state index < -0.39 is 10.0 Å². The Morgan fingerprint density at radius 2 is 1.77 bits per heavy atom. The molecule has 0 radical (unpaired) electrons. The van der Waals surface area contributed by atoms with Gasteiger partial charge in [0.05, 0.1) is 14.2 Å². The number of likely N-dealkylation sites (N-methyl/N-ethyl adjacent to an activating group) is 1. The average molecular weight is 386 g/mol. The Morgan fingerprint density at radius 1 is 1.12 bits per heavy atom. The second-order valence-corrected chi connectivity index (χ2v) is 8.75. The second kappa shape index (κ2) is 9.03. The third-order valence-electron chi connectivity index (χ3n) is 4.92. The Morgan fingerprint density at radius 3 is 2.31 bits per heavy atom. The van der Waals surface area contributed by atoms with Crippen LogP contribution in [0.4, 0.5) is 0 Å². The van der Waals surface area contributed by atoms with E-state index in [4.69, 9.17) is 9.47 Å². The molecule has 1 unspecified atom stereocenters. The minimum Gasteiger partial charge on any atom is -0.497 e. The number of hydrogen-bond acceptors (Lipinski definition) is 6. The first kappa shape index (κ1) is 21.0. The highest BCUT2D eigenvalue weighted by Gasteiger charge is 2.28. The number of rotatable bonds is 8. The summed E-state index contributed by atoms with van der Waals surface area (Å²) in [7, 11) is 1.37. The van der Waals surface area contributed by atoms with Crippen LogP contribution in [0.3, 0.4) is 0 Å². The largest absolute Gasteiger partial charge is 0.497 e. The Bertz CT molecular complexity index is 686. The summed E-state index contributed by atoms with van der Waals surface area (Å²) in [6, 6.07) is 4.92. The SMILES string of the molecule is COc1ccc(OC)c(S(=O)(=O)NCC(C(C)C)N2CCN(C)CC2)c1. The van der Waals surface area contributed by atoms with Crippen LogP contribution in [0.15, 0.2) is 23.1 Å². The maximum absolute atomic E-state index is 12.9. The molecule has 0 saturated carbocycles. The maximum atomic E-state index is 12.9. The van der Waals surface area contributed by atoms with Crippen molar-refractivity contribution in [3.8, 4) is 11.5 Å². The van der Waals surface area contributed by atoms with Gasteiger partial charge in [0.2, 0.25) is 10.0 Å². The van der Waals surface area contributed by atoms with Crippen molar-refractivity contribution in [2.75, 3.05) is 54.0 Å². The highest BCUT2D eigenvalue weighted by atomic mass is 32.2. The average Bonchev–Trinajstić information content (AvgIpc) is 2.62. The van der Waals surface area contributed by atoms with Gasteiger partial charge in [0, 0.05) is 44.8 Å². The molecule has 1 aromatic carbocycles. The molecule has 0 spiro atoms. The zero-order valence-electron chi connectivity index (χ0n) is 16.4. The maximum Gasteiger partial charge on any atom is 0.244 e. The number of hydrogen-bond donors (Lipinski definition) is 1. The molecule has 1 aliphatic heterocycles. The zero-order valence-corrected chi connectivity index (χ0v) is 17.2. The predicted octanol–water partition coefficient (Wildman–Crippen LogP) is 1.25. The normalized spacial score (nSPS) is 18.1. The molecular weight excluding hydrogens is 354 g/mol. The van der Waals surface area contributed by atoms with Gasteiger partial charge in [0.1, 0.15) is 16.4 Å². The number of ether oxygens (including phenoxy) is 2. The Balaban J connectivity index is 2.15. The van der Waals surface area contributed by atoms with Crippen LogP contribution in [0.1, 0.15) is 13.8 Å². The number of methoxy groups -OCH3 is 2. The van der Waals surface area contributed by atoms with E-state index in [0.717, 1.165) is 26.2 Å². The molecule has 1 atom stereocenters. The lowest BCUT2D eigenvalue weighted by atomic mass is 10.0. The van der Waals surface area contributed by atoms with Crippen molar-refractivity contribution in [1.29, 1.82) is 0 Å². The number of sulfonamides is 1. The van der Waals surface area contributed by atoms with Crippen molar-refractivity contribution in [1.82, 2.24) is 14.5 Å². The summed E-state index contributed by atoms with van der Waals surface area (Å²) < 4.78 is 38.9. The van der Waals surface area contributed by atoms with E-state index in [1.54, 1.807) is 12.1 Å². The summed E-state index contributed by atoms with van der Waals surface area (Å²) in [6.45, 7) is 8.52. The number of piperazine rings is 1. The summed E-state index contributed by atoms with van der Waals surface area (Å²) in [5.41, 5.74) is 0. The lowest BCUT2D eigenvalue weighted by Gasteiger charge is -2.39. The lowest BCUT2D eigenvalue weighted by Crippen LogP contribution is -2.54. The summed E-state index contributed by atoms with van der Waals surface area (Å²) in [6.07, 6.45) is 0. The third kappa shape index (κ3) is 5.09. The molecule has 2 rings (SSSR count). The van der Waals surface area contributed by atoms with Gasteiger partial charge < -0.3 is 14.4 Å². The van der Waals surface area contributed by atoms with Crippen molar-refractivity contribution in [2.24, 2.45) is 5.92 Å². The molecular formula is C18H31N3O4S. The molecule has 1 N–H and O–H groups in total. The fourth-order valence-corrected chi connectivity index (χ4v) is 4.44. The van der Waals surface area contributed by atoms with Crippen molar-refractivity contribution in [2.45, 2.75) is 24.8 Å². The Kier molecular flexibility index (Phi) is 7.28. The third-order valence-corrected chi connectivity index (χ3v) is 6.36. The van der Waals surface area contributed by atoms with Crippen LogP contribution in [0, 0.1) is 5.92 Å². The van der Waals surface area contributed by atoms with Crippen LogP contribution in [-0.4, -0.2) is 78.3 Å². The predicted molar refractivity (Wildman–Crippen MR) is 102 cm³/mol. The van der Waals surface area contributed by atoms with E-state index in [1.807, 2.05) is 0 Å². The van der Waals surface area contributed by atoms with Gasteiger partial charge in [-0.2, -0.15) is 0 Å². The highest BCUT2D eigenvalue weighted by Crippen LogP contribution is 2.28. The van der Waals surface area contributed by atoms with E-state index in [-0.39, 0.29) is 10.9 Å². The second-order valence-electron chi connectivity index (χ2n) is 7.02. The fourth-order valence-electron chi connectivity index (χ4n) is 3.21. The van der Waals surface area contributed by atoms with E-state index in [1.165, 1.54) is 20.3 Å². The molecule has 148 valence electrons. The first-order valence-corrected chi connectivity index (χ1v) is 10.4. The van der Waals surface area contributed by atoms with Crippen molar-refractivity contribution >= 4 is 10.0 Å². The van der Waals surface area contributed by atoms with Crippen LogP contribution in [-0.2, 0) is 10.0 Å². The topological polar surface area (TPSA) is 71.1 Å². The Labute approximate surface area is 157 Å². The van der Waals surface area contributed by atoms with E-state index in [9.17, 15) is 8.42 Å². The summed E-state index contributed by atoms with van der Waals surface area (Å²) >= 11 is 0. The standard InChI is InChI=1S/C18H31N3O4S/c1-14(2)16(21-10-8-20(3)9-11-21)13-19-26(22,23)18-12-15(24-4)6-7-17(18)25-5/h6-7,12,14,16,19H,8-11,13H2,1-5H3. The molecule has 7 nitrogen and oxygen atoms in total. The molecule has 1 aromatic rings. The summed E-state index contributed by atoms with van der Waals surface area (Å²) in [5.74, 6) is 1.12. The van der Waals surface area contributed by atoms with Crippen LogP contribution in [0.2, 0.25) is 0 Å². The van der Waals surface area contributed by atoms with Gasteiger partial charge in [-0.05, 0) is 25.1 Å². The smallest absolute Gasteiger partial charge is 0.244 e. The molecule has 0 amide bonds. The number of nitrogens with zero attached hydrogens (tertiary/aromatic N) is 2. The van der Waals surface area contributed by atoms with E-state index in [2.05, 4.69) is 35.4 Å². The lowest BCUT2D eigenvalue weighted by molar-refractivity contribution is 0.0905. The Hall–Kier alpha value is -1.35. The van der Waals surface area contributed by atoms with Gasteiger partial charge in [0.25, 0.3) is 0 Å². The molecule has 1 fully saturated rings. The zero-order chi connectivity index (χ0) is 19.3. The van der Waals surface area contributed by atoms with Gasteiger partial charge in [0.15, 0.2) is 0 Å². The number of nitrogens with one attached hydrogen (secondary N) is 1. The first-order chi connectivity index (χ1) is 12.3.